The summed E-state index contributed by atoms with van der Waals surface area (Å²) in [4.78, 5) is 17.2. The molecule has 2 N–H and O–H groups in total. The highest BCUT2D eigenvalue weighted by molar-refractivity contribution is 5.96. The minimum Gasteiger partial charge on any atom is -0.497 e. The quantitative estimate of drug-likeness (QED) is 0.499. The molecule has 0 spiro atoms. The van der Waals surface area contributed by atoms with E-state index in [1.165, 1.54) is 12.1 Å². The van der Waals surface area contributed by atoms with Crippen molar-refractivity contribution < 1.29 is 13.9 Å². The number of aromatic amines is 1. The number of hydrogen-bond donors (Lipinski definition) is 2. The maximum absolute atomic E-state index is 13.2. The molecule has 0 aliphatic rings. The van der Waals surface area contributed by atoms with Gasteiger partial charge in [-0.05, 0) is 62.4 Å². The van der Waals surface area contributed by atoms with Gasteiger partial charge in [0.15, 0.2) is 5.82 Å². The van der Waals surface area contributed by atoms with Gasteiger partial charge in [-0.2, -0.15) is 10.2 Å². The molecule has 0 aliphatic carbocycles. The molecule has 0 saturated carbocycles. The van der Waals surface area contributed by atoms with Crippen LogP contribution in [0.1, 0.15) is 27.6 Å². The van der Waals surface area contributed by atoms with Crippen LogP contribution in [0, 0.1) is 19.7 Å². The van der Waals surface area contributed by atoms with E-state index in [1.54, 1.807) is 37.8 Å². The first kappa shape index (κ1) is 20.3. The number of amides is 1. The molecule has 0 atom stereocenters. The van der Waals surface area contributed by atoms with Crippen molar-refractivity contribution in [3.8, 4) is 22.8 Å². The summed E-state index contributed by atoms with van der Waals surface area (Å²) >= 11 is 0. The molecule has 4 aromatic rings. The maximum Gasteiger partial charge on any atom is 0.255 e. The van der Waals surface area contributed by atoms with Crippen molar-refractivity contribution in [3.05, 3.63) is 77.1 Å². The van der Waals surface area contributed by atoms with Crippen LogP contribution in [0.15, 0.2) is 48.5 Å². The van der Waals surface area contributed by atoms with Crippen molar-refractivity contribution in [3.63, 3.8) is 0 Å². The van der Waals surface area contributed by atoms with E-state index < -0.39 is 0 Å². The first-order valence-corrected chi connectivity index (χ1v) is 9.62. The van der Waals surface area contributed by atoms with Gasteiger partial charge in [-0.15, -0.1) is 0 Å². The molecule has 4 rings (SSSR count). The van der Waals surface area contributed by atoms with Crippen LogP contribution in [0.2, 0.25) is 0 Å². The van der Waals surface area contributed by atoms with Crippen LogP contribution in [-0.2, 0) is 6.54 Å². The van der Waals surface area contributed by atoms with Crippen LogP contribution >= 0.6 is 0 Å². The normalized spacial score (nSPS) is 10.8. The van der Waals surface area contributed by atoms with Crippen LogP contribution in [0.5, 0.6) is 5.75 Å². The Morgan fingerprint density at radius 1 is 1.13 bits per heavy atom. The lowest BCUT2D eigenvalue weighted by Gasteiger charge is -2.06. The van der Waals surface area contributed by atoms with Gasteiger partial charge in [-0.1, -0.05) is 0 Å². The lowest BCUT2D eigenvalue weighted by molar-refractivity contribution is 0.0948. The molecule has 0 radical (unpaired) electrons. The first-order chi connectivity index (χ1) is 15.0. The predicted molar refractivity (Wildman–Crippen MR) is 113 cm³/mol. The summed E-state index contributed by atoms with van der Waals surface area (Å²) in [6, 6.07) is 13.3. The van der Waals surface area contributed by atoms with Crippen molar-refractivity contribution in [2.24, 2.45) is 0 Å². The summed E-state index contributed by atoms with van der Waals surface area (Å²) in [6.45, 7) is 3.75. The summed E-state index contributed by atoms with van der Waals surface area (Å²) < 4.78 is 20.0. The molecule has 0 bridgehead atoms. The highest BCUT2D eigenvalue weighted by Crippen LogP contribution is 2.20. The number of carbonyl (C=O) groups is 1. The van der Waals surface area contributed by atoms with E-state index >= 15 is 0 Å². The van der Waals surface area contributed by atoms with Crippen molar-refractivity contribution in [1.29, 1.82) is 0 Å². The molecule has 0 saturated heterocycles. The number of nitrogens with one attached hydrogen (secondary N) is 2. The van der Waals surface area contributed by atoms with Crippen molar-refractivity contribution >= 4 is 5.91 Å². The summed E-state index contributed by atoms with van der Waals surface area (Å²) in [7, 11) is 1.61. The predicted octanol–water partition coefficient (Wildman–Crippen LogP) is 3.35. The number of aryl methyl sites for hydroxylation is 1. The second-order valence-electron chi connectivity index (χ2n) is 6.95. The van der Waals surface area contributed by atoms with Crippen molar-refractivity contribution in [2.75, 3.05) is 7.11 Å². The van der Waals surface area contributed by atoms with Gasteiger partial charge < -0.3 is 10.1 Å². The number of hydrogen-bond acceptors (Lipinski definition) is 5. The molecule has 2 heterocycles. The van der Waals surface area contributed by atoms with Gasteiger partial charge in [-0.25, -0.2) is 14.1 Å². The third kappa shape index (κ3) is 4.16. The van der Waals surface area contributed by atoms with E-state index in [0.29, 0.717) is 34.3 Å². The third-order valence-electron chi connectivity index (χ3n) is 4.89. The standard InChI is InChI=1S/C22H21FN6O2/c1-13-20(14(2)29(28-13)17-8-6-16(23)7-9-17)22(30)24-12-19-25-21(27-26-19)15-4-10-18(31-3)11-5-15/h4-11H,12H2,1-3H3,(H,24,30)(H,25,26,27). The lowest BCUT2D eigenvalue weighted by Crippen LogP contribution is -2.24. The largest absolute Gasteiger partial charge is 0.497 e. The molecule has 31 heavy (non-hydrogen) atoms. The number of ether oxygens (including phenoxy) is 1. The minimum absolute atomic E-state index is 0.183. The number of aromatic nitrogens is 5. The molecule has 0 fully saturated rings. The maximum atomic E-state index is 13.2. The Labute approximate surface area is 178 Å². The first-order valence-electron chi connectivity index (χ1n) is 9.62. The van der Waals surface area contributed by atoms with E-state index in [-0.39, 0.29) is 18.3 Å². The number of H-pyrrole nitrogens is 1. The van der Waals surface area contributed by atoms with Gasteiger partial charge in [-0.3, -0.25) is 9.89 Å². The summed E-state index contributed by atoms with van der Waals surface area (Å²) in [6.07, 6.45) is 0. The van der Waals surface area contributed by atoms with E-state index in [4.69, 9.17) is 4.74 Å². The average molecular weight is 420 g/mol. The van der Waals surface area contributed by atoms with Crippen molar-refractivity contribution in [2.45, 2.75) is 20.4 Å². The van der Waals surface area contributed by atoms with Crippen molar-refractivity contribution in [1.82, 2.24) is 30.3 Å². The van der Waals surface area contributed by atoms with Gasteiger partial charge in [0.25, 0.3) is 5.91 Å². The summed E-state index contributed by atoms with van der Waals surface area (Å²) in [5.41, 5.74) is 3.23. The Kier molecular flexibility index (Phi) is 5.48. The fourth-order valence-corrected chi connectivity index (χ4v) is 3.30. The smallest absolute Gasteiger partial charge is 0.255 e. The number of carbonyl (C=O) groups excluding carboxylic acids is 1. The molecule has 0 unspecified atom stereocenters. The van der Waals surface area contributed by atoms with Crippen LogP contribution in [0.3, 0.4) is 0 Å². The van der Waals surface area contributed by atoms with E-state index in [2.05, 4.69) is 25.6 Å². The Hall–Kier alpha value is -4.01. The fourth-order valence-electron chi connectivity index (χ4n) is 3.30. The molecule has 9 heteroatoms. The van der Waals surface area contributed by atoms with E-state index in [1.807, 2.05) is 24.3 Å². The third-order valence-corrected chi connectivity index (χ3v) is 4.89. The van der Waals surface area contributed by atoms with Gasteiger partial charge in [0, 0.05) is 5.56 Å². The number of halogens is 1. The van der Waals surface area contributed by atoms with Crippen LogP contribution in [0.25, 0.3) is 17.1 Å². The molecule has 2 aromatic carbocycles. The summed E-state index contributed by atoms with van der Waals surface area (Å²) in [5, 5.41) is 14.3. The molecular weight excluding hydrogens is 399 g/mol. The zero-order valence-electron chi connectivity index (χ0n) is 17.3. The highest BCUT2D eigenvalue weighted by atomic mass is 19.1. The van der Waals surface area contributed by atoms with Crippen LogP contribution in [-0.4, -0.2) is 38.0 Å². The second-order valence-corrected chi connectivity index (χ2v) is 6.95. The molecule has 158 valence electrons. The minimum atomic E-state index is -0.329. The summed E-state index contributed by atoms with van der Waals surface area (Å²) in [5.74, 6) is 1.21. The van der Waals surface area contributed by atoms with Crippen LogP contribution < -0.4 is 10.1 Å². The van der Waals surface area contributed by atoms with Gasteiger partial charge in [0.2, 0.25) is 0 Å². The molecule has 8 nitrogen and oxygen atoms in total. The Morgan fingerprint density at radius 2 is 1.84 bits per heavy atom. The fraction of sp³-hybridized carbons (Fsp3) is 0.182. The van der Waals surface area contributed by atoms with E-state index in [0.717, 1.165) is 11.3 Å². The van der Waals surface area contributed by atoms with Gasteiger partial charge >= 0.3 is 0 Å². The monoisotopic (exact) mass is 420 g/mol. The topological polar surface area (TPSA) is 97.7 Å². The van der Waals surface area contributed by atoms with E-state index in [9.17, 15) is 9.18 Å². The molecule has 1 amide bonds. The lowest BCUT2D eigenvalue weighted by atomic mass is 10.2. The Bertz CT molecular complexity index is 1210. The SMILES string of the molecule is COc1ccc(-c2n[nH]c(CNC(=O)c3c(C)nn(-c4ccc(F)cc4)c3C)n2)cc1. The number of benzene rings is 2. The average Bonchev–Trinajstić information content (AvgIpc) is 3.37. The number of rotatable bonds is 6. The highest BCUT2D eigenvalue weighted by Gasteiger charge is 2.20. The number of methoxy groups -OCH3 is 1. The van der Waals surface area contributed by atoms with Gasteiger partial charge in [0.1, 0.15) is 17.4 Å². The number of nitrogens with zero attached hydrogens (tertiary/aromatic N) is 4. The van der Waals surface area contributed by atoms with Gasteiger partial charge in [0.05, 0.1) is 36.3 Å². The van der Waals surface area contributed by atoms with Crippen LogP contribution in [0.4, 0.5) is 4.39 Å². The molecular formula is C22H21FN6O2. The zero-order chi connectivity index (χ0) is 22.0. The molecule has 2 aromatic heterocycles. The Balaban J connectivity index is 1.47. The zero-order valence-corrected chi connectivity index (χ0v) is 17.3. The Morgan fingerprint density at radius 3 is 2.52 bits per heavy atom. The second kappa shape index (κ2) is 8.39. The molecule has 0 aliphatic heterocycles.